The minimum atomic E-state index is -0.112. The summed E-state index contributed by atoms with van der Waals surface area (Å²) in [4.78, 5) is 15.6. The molecule has 0 spiro atoms. The van der Waals surface area contributed by atoms with Gasteiger partial charge in [0.05, 0.1) is 18.3 Å². The van der Waals surface area contributed by atoms with E-state index in [1.165, 1.54) is 5.56 Å². The van der Waals surface area contributed by atoms with Gasteiger partial charge in [0, 0.05) is 6.20 Å². The molecule has 1 aliphatic rings. The molecule has 80 valence electrons. The van der Waals surface area contributed by atoms with E-state index in [4.69, 9.17) is 5.73 Å². The van der Waals surface area contributed by atoms with Gasteiger partial charge in [-0.05, 0) is 30.9 Å². The van der Waals surface area contributed by atoms with Gasteiger partial charge in [-0.25, -0.2) is 0 Å². The zero-order valence-electron chi connectivity index (χ0n) is 8.57. The number of hydrogen-bond donors (Lipinski definition) is 2. The number of fused-ring (bicyclic) bond motifs is 1. The van der Waals surface area contributed by atoms with E-state index < -0.39 is 0 Å². The third-order valence-corrected chi connectivity index (χ3v) is 2.72. The first kappa shape index (κ1) is 10.1. The molecular weight excluding hydrogens is 190 g/mol. The molecule has 3 N–H and O–H groups in total. The molecule has 1 amide bonds. The highest BCUT2D eigenvalue weighted by Crippen LogP contribution is 2.27. The van der Waals surface area contributed by atoms with Crippen LogP contribution in [0.4, 0.5) is 0 Å². The van der Waals surface area contributed by atoms with Gasteiger partial charge in [-0.3, -0.25) is 9.78 Å². The van der Waals surface area contributed by atoms with Crippen molar-refractivity contribution in [2.45, 2.75) is 25.3 Å². The number of hydrogen-bond acceptors (Lipinski definition) is 3. The number of rotatable bonds is 2. The zero-order valence-corrected chi connectivity index (χ0v) is 8.57. The Balaban J connectivity index is 2.18. The fraction of sp³-hybridized carbons (Fsp3) is 0.455. The number of pyridine rings is 1. The van der Waals surface area contributed by atoms with Crippen molar-refractivity contribution < 1.29 is 4.79 Å². The van der Waals surface area contributed by atoms with Crippen molar-refractivity contribution in [3.63, 3.8) is 0 Å². The maximum Gasteiger partial charge on any atom is 0.234 e. The Morgan fingerprint density at radius 2 is 2.53 bits per heavy atom. The summed E-state index contributed by atoms with van der Waals surface area (Å²) in [6.45, 7) is 0.0403. The van der Waals surface area contributed by atoms with Crippen molar-refractivity contribution in [2.24, 2.45) is 5.73 Å². The Morgan fingerprint density at radius 3 is 3.33 bits per heavy atom. The zero-order chi connectivity index (χ0) is 10.7. The lowest BCUT2D eigenvalue weighted by Crippen LogP contribution is -2.35. The van der Waals surface area contributed by atoms with Gasteiger partial charge >= 0.3 is 0 Å². The molecule has 1 heterocycles. The molecule has 1 atom stereocenters. The smallest absolute Gasteiger partial charge is 0.234 e. The van der Waals surface area contributed by atoms with Crippen LogP contribution < -0.4 is 11.1 Å². The van der Waals surface area contributed by atoms with Crippen LogP contribution in [0.3, 0.4) is 0 Å². The summed E-state index contributed by atoms with van der Waals surface area (Å²) in [7, 11) is 0. The van der Waals surface area contributed by atoms with Crippen LogP contribution in [0.5, 0.6) is 0 Å². The van der Waals surface area contributed by atoms with Crippen molar-refractivity contribution in [1.82, 2.24) is 10.3 Å². The normalized spacial score (nSPS) is 19.4. The summed E-state index contributed by atoms with van der Waals surface area (Å²) in [6.07, 6.45) is 4.87. The molecule has 0 saturated carbocycles. The Morgan fingerprint density at radius 1 is 1.67 bits per heavy atom. The second-order valence-corrected chi connectivity index (χ2v) is 3.76. The minimum absolute atomic E-state index is 0.0403. The average Bonchev–Trinajstić information content (AvgIpc) is 2.29. The van der Waals surface area contributed by atoms with Crippen molar-refractivity contribution >= 4 is 5.91 Å². The molecule has 1 aromatic heterocycles. The largest absolute Gasteiger partial charge is 0.347 e. The number of nitrogens with one attached hydrogen (secondary N) is 1. The van der Waals surface area contributed by atoms with E-state index in [1.807, 2.05) is 6.07 Å². The highest BCUT2D eigenvalue weighted by molar-refractivity contribution is 5.78. The first-order chi connectivity index (χ1) is 7.31. The quantitative estimate of drug-likeness (QED) is 0.740. The molecule has 4 nitrogen and oxygen atoms in total. The van der Waals surface area contributed by atoms with Gasteiger partial charge < -0.3 is 11.1 Å². The summed E-state index contributed by atoms with van der Waals surface area (Å²) < 4.78 is 0. The molecule has 4 heteroatoms. The van der Waals surface area contributed by atoms with Gasteiger partial charge in [0.1, 0.15) is 0 Å². The van der Waals surface area contributed by atoms with E-state index in [9.17, 15) is 4.79 Å². The maximum atomic E-state index is 11.2. The lowest BCUT2D eigenvalue weighted by atomic mass is 9.92. The molecule has 1 aliphatic carbocycles. The molecule has 0 aromatic carbocycles. The van der Waals surface area contributed by atoms with Crippen LogP contribution in [0.25, 0.3) is 0 Å². The van der Waals surface area contributed by atoms with Crippen LogP contribution >= 0.6 is 0 Å². The molecule has 1 aromatic rings. The van der Waals surface area contributed by atoms with Crippen LogP contribution in [0, 0.1) is 0 Å². The summed E-state index contributed by atoms with van der Waals surface area (Å²) in [5.41, 5.74) is 7.52. The van der Waals surface area contributed by atoms with E-state index in [0.29, 0.717) is 0 Å². The van der Waals surface area contributed by atoms with Gasteiger partial charge in [0.15, 0.2) is 0 Å². The molecule has 0 radical (unpaired) electrons. The van der Waals surface area contributed by atoms with Gasteiger partial charge in [-0.15, -0.1) is 0 Å². The van der Waals surface area contributed by atoms with Crippen molar-refractivity contribution in [2.75, 3.05) is 6.54 Å². The third-order valence-electron chi connectivity index (χ3n) is 2.72. The lowest BCUT2D eigenvalue weighted by Gasteiger charge is -2.24. The summed E-state index contributed by atoms with van der Waals surface area (Å²) in [6, 6.07) is 4.06. The second kappa shape index (κ2) is 4.40. The lowest BCUT2D eigenvalue weighted by molar-refractivity contribution is -0.120. The minimum Gasteiger partial charge on any atom is -0.347 e. The first-order valence-electron chi connectivity index (χ1n) is 5.24. The predicted octanol–water partition coefficient (Wildman–Crippen LogP) is 0.534. The van der Waals surface area contributed by atoms with Gasteiger partial charge in [0.2, 0.25) is 5.91 Å². The fourth-order valence-corrected chi connectivity index (χ4v) is 2.00. The number of aryl methyl sites for hydroxylation is 1. The van der Waals surface area contributed by atoms with Crippen molar-refractivity contribution in [3.05, 3.63) is 29.6 Å². The highest BCUT2D eigenvalue weighted by atomic mass is 16.1. The van der Waals surface area contributed by atoms with Crippen molar-refractivity contribution in [3.8, 4) is 0 Å². The van der Waals surface area contributed by atoms with Crippen LogP contribution in [-0.2, 0) is 11.2 Å². The van der Waals surface area contributed by atoms with E-state index in [1.54, 1.807) is 6.20 Å². The van der Waals surface area contributed by atoms with Crippen LogP contribution in [-0.4, -0.2) is 17.4 Å². The van der Waals surface area contributed by atoms with E-state index in [0.717, 1.165) is 25.0 Å². The van der Waals surface area contributed by atoms with Crippen LogP contribution in [0.15, 0.2) is 18.3 Å². The van der Waals surface area contributed by atoms with Crippen molar-refractivity contribution in [1.29, 1.82) is 0 Å². The van der Waals surface area contributed by atoms with Gasteiger partial charge in [-0.2, -0.15) is 0 Å². The van der Waals surface area contributed by atoms with Crippen LogP contribution in [0.2, 0.25) is 0 Å². The van der Waals surface area contributed by atoms with Crippen LogP contribution in [0.1, 0.15) is 30.1 Å². The molecule has 15 heavy (non-hydrogen) atoms. The molecular formula is C11H15N3O. The summed E-state index contributed by atoms with van der Waals surface area (Å²) >= 11 is 0. The third kappa shape index (κ3) is 2.15. The first-order valence-corrected chi connectivity index (χ1v) is 5.24. The monoisotopic (exact) mass is 205 g/mol. The van der Waals surface area contributed by atoms with E-state index in [2.05, 4.69) is 16.4 Å². The molecule has 1 unspecified atom stereocenters. The molecule has 0 aliphatic heterocycles. The van der Waals surface area contributed by atoms with Gasteiger partial charge in [0.25, 0.3) is 0 Å². The highest BCUT2D eigenvalue weighted by Gasteiger charge is 2.21. The Hall–Kier alpha value is -1.42. The summed E-state index contributed by atoms with van der Waals surface area (Å²) in [5, 5.41) is 2.90. The Kier molecular flexibility index (Phi) is 2.97. The number of aromatic nitrogens is 1. The number of carbonyl (C=O) groups is 1. The summed E-state index contributed by atoms with van der Waals surface area (Å²) in [5.74, 6) is -0.112. The standard InChI is InChI=1S/C11H15N3O/c12-7-10(15)14-9-5-1-3-8-4-2-6-13-11(8)9/h2,4,6,9H,1,3,5,7,12H2,(H,14,15). The van der Waals surface area contributed by atoms with E-state index >= 15 is 0 Å². The fourth-order valence-electron chi connectivity index (χ4n) is 2.00. The second-order valence-electron chi connectivity index (χ2n) is 3.76. The molecule has 2 rings (SSSR count). The predicted molar refractivity (Wildman–Crippen MR) is 57.1 cm³/mol. The number of nitrogens with two attached hydrogens (primary N) is 1. The maximum absolute atomic E-state index is 11.2. The topological polar surface area (TPSA) is 68.0 Å². The van der Waals surface area contributed by atoms with Gasteiger partial charge in [-0.1, -0.05) is 6.07 Å². The Bertz CT molecular complexity index is 365. The average molecular weight is 205 g/mol. The van der Waals surface area contributed by atoms with E-state index in [-0.39, 0.29) is 18.5 Å². The molecule has 0 fully saturated rings. The number of carbonyl (C=O) groups excluding carboxylic acids is 1. The molecule has 0 saturated heterocycles. The Labute approximate surface area is 88.9 Å². The number of nitrogens with zero attached hydrogens (tertiary/aromatic N) is 1. The number of amides is 1. The SMILES string of the molecule is NCC(=O)NC1CCCc2cccnc21. The molecule has 0 bridgehead atoms.